The lowest BCUT2D eigenvalue weighted by Gasteiger charge is -2.20. The Morgan fingerprint density at radius 2 is 1.72 bits per heavy atom. The topological polar surface area (TPSA) is 75.3 Å². The van der Waals surface area contributed by atoms with E-state index in [1.807, 2.05) is 13.8 Å². The van der Waals surface area contributed by atoms with E-state index in [4.69, 9.17) is 11.6 Å². The number of carbonyl (C=O) groups is 1. The molecule has 0 aliphatic carbocycles. The van der Waals surface area contributed by atoms with E-state index in [0.717, 1.165) is 5.56 Å². The number of amides is 1. The van der Waals surface area contributed by atoms with Gasteiger partial charge >= 0.3 is 0 Å². The zero-order valence-electron chi connectivity index (χ0n) is 14.3. The Morgan fingerprint density at radius 3 is 2.28 bits per heavy atom. The monoisotopic (exact) mass is 380 g/mol. The predicted molar refractivity (Wildman–Crippen MR) is 99.0 cm³/mol. The second kappa shape index (κ2) is 7.99. The predicted octanol–water partition coefficient (Wildman–Crippen LogP) is 3.19. The van der Waals surface area contributed by atoms with Gasteiger partial charge in [0.05, 0.1) is 4.90 Å². The maximum Gasteiger partial charge on any atom is 0.242 e. The fraction of sp³-hybridized carbons (Fsp3) is 0.278. The van der Waals surface area contributed by atoms with Crippen molar-refractivity contribution in [1.82, 2.24) is 10.0 Å². The van der Waals surface area contributed by atoms with Gasteiger partial charge in [-0.25, -0.2) is 8.42 Å². The zero-order valence-corrected chi connectivity index (χ0v) is 15.9. The SMILES string of the molecule is Cc1ccc(S(=O)(=O)N[C@H](C(=O)NC(C)C)c2ccccc2)cc1Cl. The number of carbonyl (C=O) groups excluding carboxylic acids is 1. The minimum Gasteiger partial charge on any atom is -0.352 e. The smallest absolute Gasteiger partial charge is 0.242 e. The van der Waals surface area contributed by atoms with Gasteiger partial charge in [0.2, 0.25) is 15.9 Å². The van der Waals surface area contributed by atoms with E-state index in [1.54, 1.807) is 43.3 Å². The number of rotatable bonds is 6. The van der Waals surface area contributed by atoms with Crippen molar-refractivity contribution in [1.29, 1.82) is 0 Å². The molecule has 5 nitrogen and oxygen atoms in total. The molecule has 0 fully saturated rings. The summed E-state index contributed by atoms with van der Waals surface area (Å²) in [5.74, 6) is -0.414. The highest BCUT2D eigenvalue weighted by Gasteiger charge is 2.27. The largest absolute Gasteiger partial charge is 0.352 e. The molecule has 0 spiro atoms. The molecule has 1 atom stereocenters. The molecular weight excluding hydrogens is 360 g/mol. The summed E-state index contributed by atoms with van der Waals surface area (Å²) in [4.78, 5) is 12.5. The third-order valence-corrected chi connectivity index (χ3v) is 5.38. The first kappa shape index (κ1) is 19.4. The minimum absolute atomic E-state index is 0.0152. The van der Waals surface area contributed by atoms with Crippen LogP contribution in [0.3, 0.4) is 0 Å². The Kier molecular flexibility index (Phi) is 6.21. The molecule has 0 radical (unpaired) electrons. The van der Waals surface area contributed by atoms with Gasteiger partial charge in [0.15, 0.2) is 0 Å². The molecule has 0 aromatic heterocycles. The summed E-state index contributed by atoms with van der Waals surface area (Å²) in [5.41, 5.74) is 1.33. The zero-order chi connectivity index (χ0) is 18.6. The molecule has 25 heavy (non-hydrogen) atoms. The Labute approximate surface area is 153 Å². The maximum absolute atomic E-state index is 12.7. The molecule has 0 saturated heterocycles. The summed E-state index contributed by atoms with van der Waals surface area (Å²) in [5, 5.41) is 3.10. The van der Waals surface area contributed by atoms with Crippen molar-refractivity contribution in [2.45, 2.75) is 37.8 Å². The Balaban J connectivity index is 2.38. The van der Waals surface area contributed by atoms with Gasteiger partial charge in [-0.1, -0.05) is 48.0 Å². The van der Waals surface area contributed by atoms with Crippen LogP contribution in [0.15, 0.2) is 53.4 Å². The standard InChI is InChI=1S/C18H21ClN2O3S/c1-12(2)20-18(22)17(14-7-5-4-6-8-14)21-25(23,24)15-10-9-13(3)16(19)11-15/h4-12,17,21H,1-3H3,(H,20,22)/t17-/m0/s1. The van der Waals surface area contributed by atoms with Gasteiger partial charge in [-0.3, -0.25) is 4.79 Å². The van der Waals surface area contributed by atoms with Gasteiger partial charge in [-0.15, -0.1) is 0 Å². The Hall–Kier alpha value is -1.89. The van der Waals surface area contributed by atoms with Crippen LogP contribution < -0.4 is 10.0 Å². The summed E-state index contributed by atoms with van der Waals surface area (Å²) < 4.78 is 27.9. The molecule has 7 heteroatoms. The molecule has 134 valence electrons. The van der Waals surface area contributed by atoms with E-state index in [0.29, 0.717) is 10.6 Å². The highest BCUT2D eigenvalue weighted by atomic mass is 35.5. The third-order valence-electron chi connectivity index (χ3n) is 3.55. The van der Waals surface area contributed by atoms with Crippen molar-refractivity contribution >= 4 is 27.5 Å². The third kappa shape index (κ3) is 5.04. The normalized spacial score (nSPS) is 12.8. The second-order valence-electron chi connectivity index (χ2n) is 6.04. The van der Waals surface area contributed by atoms with Gasteiger partial charge < -0.3 is 5.32 Å². The summed E-state index contributed by atoms with van der Waals surface area (Å²) in [7, 11) is -3.92. The van der Waals surface area contributed by atoms with Crippen LogP contribution in [0.1, 0.15) is 31.0 Å². The van der Waals surface area contributed by atoms with E-state index in [-0.39, 0.29) is 10.9 Å². The number of nitrogens with one attached hydrogen (secondary N) is 2. The Bertz CT molecular complexity index is 852. The molecule has 0 heterocycles. The van der Waals surface area contributed by atoms with Crippen LogP contribution in [0.5, 0.6) is 0 Å². The van der Waals surface area contributed by atoms with Crippen molar-refractivity contribution in [3.8, 4) is 0 Å². The highest BCUT2D eigenvalue weighted by molar-refractivity contribution is 7.89. The quantitative estimate of drug-likeness (QED) is 0.808. The Morgan fingerprint density at radius 1 is 1.08 bits per heavy atom. The summed E-state index contributed by atoms with van der Waals surface area (Å²) >= 11 is 6.03. The number of benzene rings is 2. The first-order chi connectivity index (χ1) is 11.7. The molecule has 1 amide bonds. The lowest BCUT2D eigenvalue weighted by molar-refractivity contribution is -0.123. The molecule has 0 bridgehead atoms. The molecule has 2 N–H and O–H groups in total. The van der Waals surface area contributed by atoms with Crippen LogP contribution in [0.4, 0.5) is 0 Å². The van der Waals surface area contributed by atoms with E-state index >= 15 is 0 Å². The van der Waals surface area contributed by atoms with Crippen molar-refractivity contribution < 1.29 is 13.2 Å². The van der Waals surface area contributed by atoms with Gasteiger partial charge in [-0.05, 0) is 44.0 Å². The molecule has 2 rings (SSSR count). The lowest BCUT2D eigenvalue weighted by atomic mass is 10.1. The average Bonchev–Trinajstić information content (AvgIpc) is 2.55. The van der Waals surface area contributed by atoms with Crippen molar-refractivity contribution in [2.75, 3.05) is 0 Å². The van der Waals surface area contributed by atoms with E-state index in [1.165, 1.54) is 12.1 Å². The van der Waals surface area contributed by atoms with Crippen LogP contribution >= 0.6 is 11.6 Å². The van der Waals surface area contributed by atoms with Crippen molar-refractivity contribution in [3.63, 3.8) is 0 Å². The number of halogens is 1. The van der Waals surface area contributed by atoms with Crippen molar-refractivity contribution in [3.05, 3.63) is 64.7 Å². The molecule has 0 aliphatic rings. The number of aryl methyl sites for hydroxylation is 1. The van der Waals surface area contributed by atoms with E-state index in [2.05, 4.69) is 10.0 Å². The average molecular weight is 381 g/mol. The maximum atomic E-state index is 12.7. The lowest BCUT2D eigenvalue weighted by Crippen LogP contribution is -2.42. The van der Waals surface area contributed by atoms with E-state index in [9.17, 15) is 13.2 Å². The van der Waals surface area contributed by atoms with E-state index < -0.39 is 22.0 Å². The number of hydrogen-bond acceptors (Lipinski definition) is 3. The fourth-order valence-electron chi connectivity index (χ4n) is 2.25. The van der Waals surface area contributed by atoms with Crippen LogP contribution in [0.2, 0.25) is 5.02 Å². The molecule has 2 aromatic carbocycles. The van der Waals surface area contributed by atoms with Gasteiger partial charge in [-0.2, -0.15) is 4.72 Å². The first-order valence-corrected chi connectivity index (χ1v) is 9.70. The van der Waals surface area contributed by atoms with Crippen LogP contribution in [-0.2, 0) is 14.8 Å². The molecule has 0 unspecified atom stereocenters. The van der Waals surface area contributed by atoms with Crippen LogP contribution in [-0.4, -0.2) is 20.4 Å². The molecule has 0 saturated carbocycles. The molecule has 2 aromatic rings. The van der Waals surface area contributed by atoms with Gasteiger partial charge in [0, 0.05) is 11.1 Å². The summed E-state index contributed by atoms with van der Waals surface area (Å²) in [6, 6.07) is 12.0. The van der Waals surface area contributed by atoms with Crippen molar-refractivity contribution in [2.24, 2.45) is 0 Å². The molecule has 0 aliphatic heterocycles. The van der Waals surface area contributed by atoms with Crippen LogP contribution in [0.25, 0.3) is 0 Å². The molecular formula is C18H21ClN2O3S. The summed E-state index contributed by atoms with van der Waals surface area (Å²) in [6.45, 7) is 5.41. The highest BCUT2D eigenvalue weighted by Crippen LogP contribution is 2.22. The fourth-order valence-corrected chi connectivity index (χ4v) is 3.71. The number of hydrogen-bond donors (Lipinski definition) is 2. The van der Waals surface area contributed by atoms with Gasteiger partial charge in [0.1, 0.15) is 6.04 Å². The second-order valence-corrected chi connectivity index (χ2v) is 8.16. The minimum atomic E-state index is -3.92. The van der Waals surface area contributed by atoms with Gasteiger partial charge in [0.25, 0.3) is 0 Å². The summed E-state index contributed by atoms with van der Waals surface area (Å²) in [6.07, 6.45) is 0. The number of sulfonamides is 1. The first-order valence-electron chi connectivity index (χ1n) is 7.84. The van der Waals surface area contributed by atoms with Crippen LogP contribution in [0, 0.1) is 6.92 Å².